The highest BCUT2D eigenvalue weighted by Gasteiger charge is 2.14. The van der Waals surface area contributed by atoms with Gasteiger partial charge < -0.3 is 26.0 Å². The van der Waals surface area contributed by atoms with E-state index in [0.717, 1.165) is 0 Å². The fourth-order valence-electron chi connectivity index (χ4n) is 0.982. The summed E-state index contributed by atoms with van der Waals surface area (Å²) in [6.45, 7) is 0.625. The molecular formula is C8H18N2O4. The van der Waals surface area contributed by atoms with Crippen molar-refractivity contribution in [2.24, 2.45) is 5.73 Å². The van der Waals surface area contributed by atoms with E-state index in [2.05, 4.69) is 5.32 Å². The summed E-state index contributed by atoms with van der Waals surface area (Å²) in [6.07, 6.45) is 0.514. The van der Waals surface area contributed by atoms with Crippen molar-refractivity contribution in [1.82, 2.24) is 5.32 Å². The van der Waals surface area contributed by atoms with Crippen LogP contribution in [0.4, 0.5) is 0 Å². The maximum Gasteiger partial charge on any atom is 0.321 e. The zero-order chi connectivity index (χ0) is 11.0. The maximum atomic E-state index is 10.4. The molecule has 0 radical (unpaired) electrons. The van der Waals surface area contributed by atoms with Crippen LogP contribution >= 0.6 is 0 Å². The number of hydrogen-bond donors (Lipinski definition) is 4. The van der Waals surface area contributed by atoms with Crippen LogP contribution in [0.1, 0.15) is 6.42 Å². The lowest BCUT2D eigenvalue weighted by molar-refractivity contribution is -0.138. The molecule has 0 saturated heterocycles. The van der Waals surface area contributed by atoms with Crippen molar-refractivity contribution >= 4 is 5.97 Å². The Kier molecular flexibility index (Phi) is 7.31. The fraction of sp³-hybridized carbons (Fsp3) is 0.875. The van der Waals surface area contributed by atoms with E-state index in [0.29, 0.717) is 13.0 Å². The van der Waals surface area contributed by atoms with Gasteiger partial charge in [-0.3, -0.25) is 4.79 Å². The number of methoxy groups -OCH3 is 1. The van der Waals surface area contributed by atoms with Crippen LogP contribution in [0.15, 0.2) is 0 Å². The molecule has 0 aromatic rings. The number of aliphatic hydroxyl groups excluding tert-OH is 1. The van der Waals surface area contributed by atoms with Crippen LogP contribution in [0.3, 0.4) is 0 Å². The number of rotatable bonds is 8. The molecule has 2 unspecified atom stereocenters. The fourth-order valence-corrected chi connectivity index (χ4v) is 0.982. The normalized spacial score (nSPS) is 15.1. The highest BCUT2D eigenvalue weighted by Crippen LogP contribution is 1.92. The van der Waals surface area contributed by atoms with Crippen molar-refractivity contribution in [3.8, 4) is 0 Å². The Hall–Kier alpha value is -0.690. The molecule has 5 N–H and O–H groups in total. The first kappa shape index (κ1) is 13.3. The Balaban J connectivity index is 3.74. The molecule has 0 aliphatic carbocycles. The van der Waals surface area contributed by atoms with Crippen molar-refractivity contribution in [2.75, 3.05) is 26.9 Å². The first-order valence-electron chi connectivity index (χ1n) is 4.43. The van der Waals surface area contributed by atoms with E-state index in [1.807, 2.05) is 0 Å². The molecule has 0 saturated carbocycles. The molecule has 0 heterocycles. The zero-order valence-electron chi connectivity index (χ0n) is 8.27. The molecule has 84 valence electrons. The average molecular weight is 206 g/mol. The number of carboxylic acid groups (broad SMARTS) is 1. The third-order valence-electron chi connectivity index (χ3n) is 1.79. The topological polar surface area (TPSA) is 105 Å². The van der Waals surface area contributed by atoms with Gasteiger partial charge in [0.2, 0.25) is 0 Å². The monoisotopic (exact) mass is 206 g/mol. The second kappa shape index (κ2) is 7.69. The number of nitrogens with one attached hydrogen (secondary N) is 1. The van der Waals surface area contributed by atoms with Gasteiger partial charge in [-0.25, -0.2) is 0 Å². The van der Waals surface area contributed by atoms with Crippen LogP contribution in [-0.2, 0) is 9.53 Å². The Morgan fingerprint density at radius 2 is 2.29 bits per heavy atom. The van der Waals surface area contributed by atoms with Crippen LogP contribution < -0.4 is 11.1 Å². The summed E-state index contributed by atoms with van der Waals surface area (Å²) in [4.78, 5) is 10.4. The highest BCUT2D eigenvalue weighted by molar-refractivity contribution is 5.73. The van der Waals surface area contributed by atoms with E-state index in [9.17, 15) is 4.79 Å². The van der Waals surface area contributed by atoms with Gasteiger partial charge in [0.25, 0.3) is 0 Å². The molecule has 0 amide bonds. The maximum absolute atomic E-state index is 10.4. The smallest absolute Gasteiger partial charge is 0.321 e. The average Bonchev–Trinajstić information content (AvgIpc) is 2.14. The largest absolute Gasteiger partial charge is 0.480 e. The Labute approximate surface area is 83.0 Å². The number of carbonyl (C=O) groups is 1. The Bertz CT molecular complexity index is 159. The predicted octanol–water partition coefficient (Wildman–Crippen LogP) is -1.61. The van der Waals surface area contributed by atoms with E-state index in [4.69, 9.17) is 20.7 Å². The van der Waals surface area contributed by atoms with Gasteiger partial charge in [-0.15, -0.1) is 0 Å². The Morgan fingerprint density at radius 3 is 2.71 bits per heavy atom. The van der Waals surface area contributed by atoms with Crippen LogP contribution in [0, 0.1) is 0 Å². The third kappa shape index (κ3) is 5.87. The number of nitrogens with two attached hydrogens (primary N) is 1. The SMILES string of the molecule is COCC(CCO)NCC(N)C(=O)O. The van der Waals surface area contributed by atoms with E-state index < -0.39 is 12.0 Å². The van der Waals surface area contributed by atoms with Gasteiger partial charge in [0.05, 0.1) is 6.61 Å². The third-order valence-corrected chi connectivity index (χ3v) is 1.79. The molecule has 0 aliphatic rings. The molecule has 0 aliphatic heterocycles. The molecule has 0 aromatic carbocycles. The van der Waals surface area contributed by atoms with E-state index in [1.165, 1.54) is 0 Å². The van der Waals surface area contributed by atoms with Gasteiger partial charge in [0.1, 0.15) is 6.04 Å². The number of aliphatic hydroxyl groups is 1. The quantitative estimate of drug-likeness (QED) is 0.380. The van der Waals surface area contributed by atoms with E-state index in [-0.39, 0.29) is 19.2 Å². The summed E-state index contributed by atoms with van der Waals surface area (Å²) >= 11 is 0. The predicted molar refractivity (Wildman–Crippen MR) is 51.0 cm³/mol. The molecule has 14 heavy (non-hydrogen) atoms. The van der Waals surface area contributed by atoms with Crippen LogP contribution in [0.5, 0.6) is 0 Å². The molecule has 6 heteroatoms. The van der Waals surface area contributed by atoms with Crippen molar-refractivity contribution in [1.29, 1.82) is 0 Å². The second-order valence-electron chi connectivity index (χ2n) is 3.02. The van der Waals surface area contributed by atoms with Gasteiger partial charge in [-0.1, -0.05) is 0 Å². The Morgan fingerprint density at radius 1 is 1.64 bits per heavy atom. The molecular weight excluding hydrogens is 188 g/mol. The summed E-state index contributed by atoms with van der Waals surface area (Å²) in [7, 11) is 1.54. The molecule has 0 aromatic heterocycles. The summed E-state index contributed by atoms with van der Waals surface area (Å²) in [6, 6.07) is -0.983. The number of hydrogen-bond acceptors (Lipinski definition) is 5. The molecule has 0 bridgehead atoms. The highest BCUT2D eigenvalue weighted by atomic mass is 16.5. The van der Waals surface area contributed by atoms with E-state index in [1.54, 1.807) is 7.11 Å². The molecule has 6 nitrogen and oxygen atoms in total. The van der Waals surface area contributed by atoms with Gasteiger partial charge in [0, 0.05) is 26.3 Å². The summed E-state index contributed by atoms with van der Waals surface area (Å²) in [5, 5.41) is 20.1. The summed E-state index contributed by atoms with van der Waals surface area (Å²) < 4.78 is 4.89. The minimum atomic E-state index is -1.04. The van der Waals surface area contributed by atoms with Crippen molar-refractivity contribution in [3.63, 3.8) is 0 Å². The van der Waals surface area contributed by atoms with E-state index >= 15 is 0 Å². The number of aliphatic carboxylic acids is 1. The lowest BCUT2D eigenvalue weighted by atomic mass is 10.2. The van der Waals surface area contributed by atoms with Crippen LogP contribution in [0.25, 0.3) is 0 Å². The van der Waals surface area contributed by atoms with Crippen molar-refractivity contribution < 1.29 is 19.7 Å². The van der Waals surface area contributed by atoms with Crippen LogP contribution in [0.2, 0.25) is 0 Å². The first-order valence-corrected chi connectivity index (χ1v) is 4.43. The van der Waals surface area contributed by atoms with Crippen molar-refractivity contribution in [3.05, 3.63) is 0 Å². The van der Waals surface area contributed by atoms with Crippen LogP contribution in [-0.4, -0.2) is 55.1 Å². The van der Waals surface area contributed by atoms with Gasteiger partial charge >= 0.3 is 5.97 Å². The number of ether oxygens (including phenoxy) is 1. The first-order chi connectivity index (χ1) is 6.61. The zero-order valence-corrected chi connectivity index (χ0v) is 8.27. The standard InChI is InChI=1S/C8H18N2O4/c1-14-5-6(2-3-11)10-4-7(9)8(12)13/h6-7,10-11H,2-5,9H2,1H3,(H,12,13). The summed E-state index contributed by atoms with van der Waals surface area (Å²) in [5.41, 5.74) is 5.29. The van der Waals surface area contributed by atoms with Gasteiger partial charge in [0.15, 0.2) is 0 Å². The van der Waals surface area contributed by atoms with Gasteiger partial charge in [-0.05, 0) is 6.42 Å². The lowest BCUT2D eigenvalue weighted by Crippen LogP contribution is -2.45. The minimum absolute atomic E-state index is 0.0311. The lowest BCUT2D eigenvalue weighted by Gasteiger charge is -2.18. The molecule has 2 atom stereocenters. The minimum Gasteiger partial charge on any atom is -0.480 e. The molecule has 0 spiro atoms. The van der Waals surface area contributed by atoms with Crippen molar-refractivity contribution in [2.45, 2.75) is 18.5 Å². The molecule has 0 fully saturated rings. The second-order valence-corrected chi connectivity index (χ2v) is 3.02. The van der Waals surface area contributed by atoms with Gasteiger partial charge in [-0.2, -0.15) is 0 Å². The number of carboxylic acids is 1. The molecule has 0 rings (SSSR count). The summed E-state index contributed by atoms with van der Waals surface area (Å²) in [5.74, 6) is -1.04.